The van der Waals surface area contributed by atoms with Crippen LogP contribution in [0.2, 0.25) is 0 Å². The quantitative estimate of drug-likeness (QED) is 0.666. The Bertz CT molecular complexity index is 635. The summed E-state index contributed by atoms with van der Waals surface area (Å²) < 4.78 is 5.55. The average Bonchev–Trinajstić information content (AvgIpc) is 3.01. The minimum absolute atomic E-state index is 0.369. The number of methoxy groups -OCH3 is 1. The van der Waals surface area contributed by atoms with Crippen molar-refractivity contribution in [3.8, 4) is 5.75 Å². The van der Waals surface area contributed by atoms with Gasteiger partial charge in [0.05, 0.1) is 7.11 Å². The number of hydrogen-bond acceptors (Lipinski definition) is 2. The van der Waals surface area contributed by atoms with E-state index in [0.717, 1.165) is 31.1 Å². The Hall–Kier alpha value is -1.51. The molecule has 2 aliphatic carbocycles. The van der Waals surface area contributed by atoms with Crippen molar-refractivity contribution in [2.24, 2.45) is 5.92 Å². The molecule has 1 aromatic carbocycles. The van der Waals surface area contributed by atoms with Crippen molar-refractivity contribution in [2.75, 3.05) is 13.7 Å². The van der Waals surface area contributed by atoms with Crippen molar-refractivity contribution in [2.45, 2.75) is 82.6 Å². The van der Waals surface area contributed by atoms with Gasteiger partial charge in [-0.25, -0.2) is 0 Å². The summed E-state index contributed by atoms with van der Waals surface area (Å²) >= 11 is 0. The molecule has 1 aromatic rings. The Morgan fingerprint density at radius 2 is 1.96 bits per heavy atom. The average molecular weight is 356 g/mol. The maximum absolute atomic E-state index is 12.7. The van der Waals surface area contributed by atoms with Gasteiger partial charge in [-0.1, -0.05) is 57.1 Å². The van der Waals surface area contributed by atoms with E-state index in [2.05, 4.69) is 23.1 Å². The molecule has 1 aliphatic heterocycles. The lowest BCUT2D eigenvalue weighted by atomic mass is 9.79. The fourth-order valence-corrected chi connectivity index (χ4v) is 5.68. The number of carbonyl (C=O) groups excluding carboxylic acids is 1. The molecule has 26 heavy (non-hydrogen) atoms. The van der Waals surface area contributed by atoms with Crippen LogP contribution in [-0.2, 0) is 11.2 Å². The van der Waals surface area contributed by atoms with Crippen LogP contribution < -0.4 is 4.74 Å². The number of unbranched alkanes of at least 4 members (excludes halogenated alkanes) is 1. The summed E-state index contributed by atoms with van der Waals surface area (Å²) in [4.78, 5) is 14.9. The predicted octanol–water partition coefficient (Wildman–Crippen LogP) is 5.08. The fraction of sp³-hybridized carbons (Fsp3) is 0.696. The molecule has 1 amide bonds. The van der Waals surface area contributed by atoms with E-state index in [0.29, 0.717) is 24.3 Å². The minimum atomic E-state index is 0.369. The van der Waals surface area contributed by atoms with Gasteiger partial charge in [0.25, 0.3) is 0 Å². The molecule has 0 radical (unpaired) electrons. The number of benzene rings is 1. The molecular formula is C23H33NO2. The molecule has 3 aliphatic rings. The first-order chi connectivity index (χ1) is 12.8. The maximum atomic E-state index is 12.7. The first-order valence-electron chi connectivity index (χ1n) is 10.7. The molecule has 0 bridgehead atoms. The van der Waals surface area contributed by atoms with Crippen molar-refractivity contribution < 1.29 is 9.53 Å². The zero-order valence-electron chi connectivity index (χ0n) is 16.2. The lowest BCUT2D eigenvalue weighted by Gasteiger charge is -2.34. The zero-order valence-corrected chi connectivity index (χ0v) is 16.2. The van der Waals surface area contributed by atoms with Crippen molar-refractivity contribution >= 4 is 5.91 Å². The third-order valence-electron chi connectivity index (χ3n) is 7.04. The summed E-state index contributed by atoms with van der Waals surface area (Å²) in [5.41, 5.74) is 2.70. The molecule has 2 fully saturated rings. The molecule has 1 saturated heterocycles. The van der Waals surface area contributed by atoms with Crippen LogP contribution >= 0.6 is 0 Å². The number of hydrogen-bond donors (Lipinski definition) is 0. The Labute approximate surface area is 158 Å². The van der Waals surface area contributed by atoms with Gasteiger partial charge < -0.3 is 9.64 Å². The molecule has 0 aromatic heterocycles. The third-order valence-corrected chi connectivity index (χ3v) is 7.04. The molecule has 1 saturated carbocycles. The van der Waals surface area contributed by atoms with Gasteiger partial charge in [-0.15, -0.1) is 0 Å². The monoisotopic (exact) mass is 355 g/mol. The SMILES string of the molecule is COc1cccc2c1CC[C@@H]1[C@H]2CC(=O)N1CCCCC1CCCCC1. The normalized spacial score (nSPS) is 25.9. The Kier molecular flexibility index (Phi) is 5.52. The first-order valence-corrected chi connectivity index (χ1v) is 10.7. The molecule has 3 heteroatoms. The second-order valence-corrected chi connectivity index (χ2v) is 8.53. The van der Waals surface area contributed by atoms with E-state index in [4.69, 9.17) is 4.74 Å². The van der Waals surface area contributed by atoms with E-state index in [1.165, 1.54) is 62.5 Å². The summed E-state index contributed by atoms with van der Waals surface area (Å²) in [5, 5.41) is 0. The van der Waals surface area contributed by atoms with Gasteiger partial charge >= 0.3 is 0 Å². The standard InChI is InChI=1S/C23H33NO2/c1-26-22-12-7-11-18-19(22)13-14-21-20(18)16-23(25)24(21)15-6-5-10-17-8-3-2-4-9-17/h7,11-12,17,20-21H,2-6,8-10,13-16H2,1H3/t20-,21+/m0/s1. The van der Waals surface area contributed by atoms with E-state index in [1.807, 2.05) is 0 Å². The Morgan fingerprint density at radius 1 is 1.12 bits per heavy atom. The van der Waals surface area contributed by atoms with E-state index >= 15 is 0 Å². The largest absolute Gasteiger partial charge is 0.496 e. The minimum Gasteiger partial charge on any atom is -0.496 e. The van der Waals surface area contributed by atoms with Crippen LogP contribution in [0.3, 0.4) is 0 Å². The van der Waals surface area contributed by atoms with Crippen molar-refractivity contribution in [3.05, 3.63) is 29.3 Å². The zero-order chi connectivity index (χ0) is 17.9. The number of amides is 1. The summed E-state index contributed by atoms with van der Waals surface area (Å²) in [6.45, 7) is 0.964. The van der Waals surface area contributed by atoms with Gasteiger partial charge in [-0.3, -0.25) is 4.79 Å². The van der Waals surface area contributed by atoms with Crippen LogP contribution in [0.25, 0.3) is 0 Å². The van der Waals surface area contributed by atoms with Crippen molar-refractivity contribution in [1.29, 1.82) is 0 Å². The van der Waals surface area contributed by atoms with E-state index in [1.54, 1.807) is 7.11 Å². The molecular weight excluding hydrogens is 322 g/mol. The highest BCUT2D eigenvalue weighted by Gasteiger charge is 2.43. The number of likely N-dealkylation sites (tertiary alicyclic amines) is 1. The fourth-order valence-electron chi connectivity index (χ4n) is 5.68. The number of rotatable bonds is 6. The van der Waals surface area contributed by atoms with Crippen LogP contribution in [-0.4, -0.2) is 30.5 Å². The van der Waals surface area contributed by atoms with Crippen molar-refractivity contribution in [1.82, 2.24) is 4.90 Å². The second-order valence-electron chi connectivity index (χ2n) is 8.53. The van der Waals surface area contributed by atoms with Gasteiger partial charge in [0, 0.05) is 24.9 Å². The first kappa shape index (κ1) is 17.9. The lowest BCUT2D eigenvalue weighted by Crippen LogP contribution is -2.37. The van der Waals surface area contributed by atoms with Gasteiger partial charge in [0.1, 0.15) is 5.75 Å². The summed E-state index contributed by atoms with van der Waals surface area (Å²) in [6, 6.07) is 6.77. The highest BCUT2D eigenvalue weighted by Crippen LogP contribution is 2.44. The van der Waals surface area contributed by atoms with Crippen LogP contribution in [0, 0.1) is 5.92 Å². The molecule has 1 heterocycles. The van der Waals surface area contributed by atoms with E-state index < -0.39 is 0 Å². The van der Waals surface area contributed by atoms with Crippen LogP contribution in [0.4, 0.5) is 0 Å². The number of carbonyl (C=O) groups is 1. The second kappa shape index (κ2) is 8.02. The number of fused-ring (bicyclic) bond motifs is 3. The molecule has 2 atom stereocenters. The molecule has 3 nitrogen and oxygen atoms in total. The van der Waals surface area contributed by atoms with Crippen molar-refractivity contribution in [3.63, 3.8) is 0 Å². The van der Waals surface area contributed by atoms with Gasteiger partial charge in [-0.05, 0) is 42.4 Å². The predicted molar refractivity (Wildman–Crippen MR) is 105 cm³/mol. The Morgan fingerprint density at radius 3 is 2.77 bits per heavy atom. The highest BCUT2D eigenvalue weighted by atomic mass is 16.5. The van der Waals surface area contributed by atoms with Gasteiger partial charge in [-0.2, -0.15) is 0 Å². The van der Waals surface area contributed by atoms with Gasteiger partial charge in [0.15, 0.2) is 0 Å². The van der Waals surface area contributed by atoms with E-state index in [9.17, 15) is 4.79 Å². The number of nitrogens with zero attached hydrogens (tertiary/aromatic N) is 1. The van der Waals surface area contributed by atoms with E-state index in [-0.39, 0.29) is 0 Å². The summed E-state index contributed by atoms with van der Waals surface area (Å²) in [5.74, 6) is 2.70. The third kappa shape index (κ3) is 3.50. The number of ether oxygens (including phenoxy) is 1. The summed E-state index contributed by atoms with van der Waals surface area (Å²) in [6.07, 6.45) is 13.8. The van der Waals surface area contributed by atoms with Gasteiger partial charge in [0.2, 0.25) is 5.91 Å². The topological polar surface area (TPSA) is 29.5 Å². The highest BCUT2D eigenvalue weighted by molar-refractivity contribution is 5.81. The smallest absolute Gasteiger partial charge is 0.223 e. The van der Waals surface area contributed by atoms with Crippen LogP contribution in [0.5, 0.6) is 5.75 Å². The molecule has 142 valence electrons. The van der Waals surface area contributed by atoms with Crippen LogP contribution in [0.1, 0.15) is 81.3 Å². The maximum Gasteiger partial charge on any atom is 0.223 e. The molecule has 0 N–H and O–H groups in total. The Balaban J connectivity index is 1.35. The molecule has 0 spiro atoms. The molecule has 4 rings (SSSR count). The molecule has 0 unspecified atom stereocenters. The lowest BCUT2D eigenvalue weighted by molar-refractivity contribution is -0.129. The summed E-state index contributed by atoms with van der Waals surface area (Å²) in [7, 11) is 1.75. The van der Waals surface area contributed by atoms with Crippen LogP contribution in [0.15, 0.2) is 18.2 Å².